The maximum absolute atomic E-state index is 12.8. The number of rotatable bonds is 10. The van der Waals surface area contributed by atoms with Crippen molar-refractivity contribution >= 4 is 41.1 Å². The molecule has 0 bridgehead atoms. The SMILES string of the molecule is C=C([C@@H](C[C@@H](Cl)C(C)(C)O)OC(=O)/C(C)=C\C)[C@@H]1C[C@@H](Cl)[C@](C)(O)[C@H](OC(C)=O)[C@@H]1OC(=O)/C(C)=C\C. The zero-order valence-corrected chi connectivity index (χ0v) is 24.4. The molecule has 210 valence electrons. The number of aliphatic hydroxyl groups is 2. The van der Waals surface area contributed by atoms with Crippen molar-refractivity contribution < 1.29 is 38.8 Å². The van der Waals surface area contributed by atoms with Gasteiger partial charge in [0.05, 0.1) is 16.4 Å². The molecule has 1 aliphatic rings. The van der Waals surface area contributed by atoms with E-state index < -0.39 is 64.1 Å². The predicted octanol–water partition coefficient (Wildman–Crippen LogP) is 4.38. The van der Waals surface area contributed by atoms with Gasteiger partial charge in [0.1, 0.15) is 17.8 Å². The van der Waals surface area contributed by atoms with Gasteiger partial charge in [0.25, 0.3) is 0 Å². The molecule has 0 radical (unpaired) electrons. The van der Waals surface area contributed by atoms with Crippen molar-refractivity contribution in [2.24, 2.45) is 5.92 Å². The first kappa shape index (κ1) is 33.2. The predicted molar refractivity (Wildman–Crippen MR) is 142 cm³/mol. The molecule has 1 saturated carbocycles. The lowest BCUT2D eigenvalue weighted by atomic mass is 9.71. The Balaban J connectivity index is 3.60. The van der Waals surface area contributed by atoms with Gasteiger partial charge in [-0.1, -0.05) is 18.7 Å². The molecule has 0 aromatic heterocycles. The molecule has 37 heavy (non-hydrogen) atoms. The number of halogens is 2. The van der Waals surface area contributed by atoms with Crippen LogP contribution in [0.25, 0.3) is 0 Å². The van der Waals surface area contributed by atoms with Crippen LogP contribution in [0.5, 0.6) is 0 Å². The van der Waals surface area contributed by atoms with E-state index in [9.17, 15) is 24.6 Å². The molecule has 2 N–H and O–H groups in total. The van der Waals surface area contributed by atoms with E-state index in [4.69, 9.17) is 37.4 Å². The van der Waals surface area contributed by atoms with E-state index in [1.54, 1.807) is 39.8 Å². The first-order chi connectivity index (χ1) is 16.9. The van der Waals surface area contributed by atoms with Crippen LogP contribution in [0.3, 0.4) is 0 Å². The van der Waals surface area contributed by atoms with E-state index in [-0.39, 0.29) is 12.8 Å². The molecule has 7 atom stereocenters. The van der Waals surface area contributed by atoms with E-state index in [1.807, 2.05) is 0 Å². The Hall–Kier alpha value is -1.87. The van der Waals surface area contributed by atoms with Crippen molar-refractivity contribution in [2.45, 2.75) is 108 Å². The highest BCUT2D eigenvalue weighted by atomic mass is 35.5. The Kier molecular flexibility index (Phi) is 11.9. The van der Waals surface area contributed by atoms with Gasteiger partial charge >= 0.3 is 17.9 Å². The first-order valence-electron chi connectivity index (χ1n) is 12.1. The van der Waals surface area contributed by atoms with E-state index >= 15 is 0 Å². The van der Waals surface area contributed by atoms with Crippen molar-refractivity contribution in [3.05, 3.63) is 35.5 Å². The minimum atomic E-state index is -1.76. The van der Waals surface area contributed by atoms with Crippen LogP contribution in [-0.2, 0) is 28.6 Å². The van der Waals surface area contributed by atoms with Crippen LogP contribution < -0.4 is 0 Å². The van der Waals surface area contributed by atoms with Crippen LogP contribution in [0.15, 0.2) is 35.5 Å². The Labute approximate surface area is 229 Å². The van der Waals surface area contributed by atoms with Crippen LogP contribution in [-0.4, -0.2) is 68.4 Å². The average Bonchev–Trinajstić information content (AvgIpc) is 2.80. The average molecular weight is 564 g/mol. The molecule has 8 nitrogen and oxygen atoms in total. The summed E-state index contributed by atoms with van der Waals surface area (Å²) < 4.78 is 17.0. The standard InChI is InChI=1S/C27H40Cl2O8/c1-10-14(3)24(31)36-19(13-20(28)26(7,8)33)16(5)18-12-21(29)27(9,34)23(35-17(6)30)22(18)37-25(32)15(4)11-2/h10-11,18-23,33-34H,5,12-13H2,1-4,6-9H3/b14-10-,15-11-/t18-,19+,20+,21+,22+,23+,27-/m0/s1. The normalized spacial score (nSPS) is 28.6. The van der Waals surface area contributed by atoms with Gasteiger partial charge in [-0.3, -0.25) is 4.79 Å². The lowest BCUT2D eigenvalue weighted by Crippen LogP contribution is -2.63. The van der Waals surface area contributed by atoms with E-state index in [0.717, 1.165) is 0 Å². The van der Waals surface area contributed by atoms with Crippen molar-refractivity contribution in [3.63, 3.8) is 0 Å². The second kappa shape index (κ2) is 13.3. The molecule has 0 amide bonds. The maximum atomic E-state index is 12.8. The molecule has 1 fully saturated rings. The summed E-state index contributed by atoms with van der Waals surface area (Å²) in [6.45, 7) is 16.3. The summed E-state index contributed by atoms with van der Waals surface area (Å²) >= 11 is 13.0. The van der Waals surface area contributed by atoms with Crippen molar-refractivity contribution in [1.82, 2.24) is 0 Å². The summed E-state index contributed by atoms with van der Waals surface area (Å²) in [7, 11) is 0. The summed E-state index contributed by atoms with van der Waals surface area (Å²) in [5.41, 5.74) is -2.13. The van der Waals surface area contributed by atoms with Crippen LogP contribution >= 0.6 is 23.2 Å². The molecule has 0 aromatic carbocycles. The molecule has 1 aliphatic carbocycles. The van der Waals surface area contributed by atoms with Crippen molar-refractivity contribution in [1.29, 1.82) is 0 Å². The molecule has 1 rings (SSSR count). The van der Waals surface area contributed by atoms with E-state index in [0.29, 0.717) is 16.7 Å². The highest BCUT2D eigenvalue weighted by Gasteiger charge is 2.56. The molecular formula is C27H40Cl2O8. The second-order valence-corrected chi connectivity index (χ2v) is 11.3. The Bertz CT molecular complexity index is 931. The van der Waals surface area contributed by atoms with Crippen LogP contribution in [0.1, 0.15) is 68.2 Å². The van der Waals surface area contributed by atoms with Gasteiger partial charge in [-0.05, 0) is 60.5 Å². The number of ether oxygens (including phenoxy) is 3. The first-order valence-corrected chi connectivity index (χ1v) is 13.0. The summed E-state index contributed by atoms with van der Waals surface area (Å²) in [6, 6.07) is 0. The van der Waals surface area contributed by atoms with Gasteiger partial charge in [0, 0.05) is 30.4 Å². The summed E-state index contributed by atoms with van der Waals surface area (Å²) in [5.74, 6) is -2.81. The minimum absolute atomic E-state index is 0.0146. The fourth-order valence-corrected chi connectivity index (χ4v) is 4.33. The van der Waals surface area contributed by atoms with E-state index in [2.05, 4.69) is 6.58 Å². The number of allylic oxidation sites excluding steroid dienone is 2. The van der Waals surface area contributed by atoms with Gasteiger partial charge in [-0.2, -0.15) is 0 Å². The molecule has 0 saturated heterocycles. The number of esters is 3. The summed E-state index contributed by atoms with van der Waals surface area (Å²) in [6.07, 6.45) is -0.372. The summed E-state index contributed by atoms with van der Waals surface area (Å²) in [5, 5.41) is 19.8. The topological polar surface area (TPSA) is 119 Å². The summed E-state index contributed by atoms with van der Waals surface area (Å²) in [4.78, 5) is 37.5. The van der Waals surface area contributed by atoms with Gasteiger partial charge in [-0.25, -0.2) is 9.59 Å². The minimum Gasteiger partial charge on any atom is -0.455 e. The number of hydrogen-bond acceptors (Lipinski definition) is 8. The van der Waals surface area contributed by atoms with Crippen LogP contribution in [0.2, 0.25) is 0 Å². The lowest BCUT2D eigenvalue weighted by molar-refractivity contribution is -0.202. The molecule has 10 heteroatoms. The molecular weight excluding hydrogens is 523 g/mol. The fourth-order valence-electron chi connectivity index (χ4n) is 3.85. The Morgan fingerprint density at radius 2 is 1.62 bits per heavy atom. The van der Waals surface area contributed by atoms with Crippen molar-refractivity contribution in [3.8, 4) is 0 Å². The van der Waals surface area contributed by atoms with Crippen LogP contribution in [0.4, 0.5) is 0 Å². The quantitative estimate of drug-likeness (QED) is 0.132. The second-order valence-electron chi connectivity index (χ2n) is 10.2. The maximum Gasteiger partial charge on any atom is 0.333 e. The van der Waals surface area contributed by atoms with E-state index in [1.165, 1.54) is 27.7 Å². The Morgan fingerprint density at radius 3 is 2.08 bits per heavy atom. The largest absolute Gasteiger partial charge is 0.455 e. The Morgan fingerprint density at radius 1 is 1.11 bits per heavy atom. The fraction of sp³-hybridized carbons (Fsp3) is 0.667. The van der Waals surface area contributed by atoms with Gasteiger partial charge in [-0.15, -0.1) is 23.2 Å². The van der Waals surface area contributed by atoms with Gasteiger partial charge in [0.15, 0.2) is 6.10 Å². The molecule has 0 aromatic rings. The zero-order valence-electron chi connectivity index (χ0n) is 22.8. The lowest BCUT2D eigenvalue weighted by Gasteiger charge is -2.48. The zero-order chi connectivity index (χ0) is 28.9. The number of carbonyl (C=O) groups is 3. The third-order valence-electron chi connectivity index (χ3n) is 6.74. The number of carbonyl (C=O) groups excluding carboxylic acids is 3. The smallest absolute Gasteiger partial charge is 0.333 e. The number of hydrogen-bond donors (Lipinski definition) is 2. The molecule has 0 spiro atoms. The number of alkyl halides is 2. The highest BCUT2D eigenvalue weighted by Crippen LogP contribution is 2.44. The third-order valence-corrected chi connectivity index (χ3v) is 8.07. The van der Waals surface area contributed by atoms with Gasteiger partial charge < -0.3 is 24.4 Å². The van der Waals surface area contributed by atoms with Crippen LogP contribution in [0, 0.1) is 5.92 Å². The van der Waals surface area contributed by atoms with Crippen molar-refractivity contribution in [2.75, 3.05) is 0 Å². The molecule has 0 aliphatic heterocycles. The molecule has 0 unspecified atom stereocenters. The monoisotopic (exact) mass is 562 g/mol. The van der Waals surface area contributed by atoms with Gasteiger partial charge in [0.2, 0.25) is 0 Å². The molecule has 0 heterocycles. The third kappa shape index (κ3) is 8.57. The highest BCUT2D eigenvalue weighted by molar-refractivity contribution is 6.21.